The van der Waals surface area contributed by atoms with E-state index in [2.05, 4.69) is 10.2 Å². The van der Waals surface area contributed by atoms with Crippen LogP contribution in [0.5, 0.6) is 0 Å². The summed E-state index contributed by atoms with van der Waals surface area (Å²) in [5.74, 6) is 0. The van der Waals surface area contributed by atoms with Crippen molar-refractivity contribution in [2.24, 2.45) is 0 Å². The molecule has 0 spiro atoms. The lowest BCUT2D eigenvalue weighted by molar-refractivity contribution is 0.0378. The zero-order valence-corrected chi connectivity index (χ0v) is 11.2. The summed E-state index contributed by atoms with van der Waals surface area (Å²) in [5.41, 5.74) is 7.29. The number of halogens is 1. The molecule has 3 N–H and O–H groups in total. The van der Waals surface area contributed by atoms with Crippen molar-refractivity contribution < 1.29 is 4.74 Å². The van der Waals surface area contributed by atoms with Crippen LogP contribution in [0.1, 0.15) is 6.42 Å². The Bertz CT molecular complexity index is 380. The van der Waals surface area contributed by atoms with Gasteiger partial charge in [-0.25, -0.2) is 0 Å². The Kier molecular flexibility index (Phi) is 5.11. The second-order valence-electron chi connectivity index (χ2n) is 4.47. The van der Waals surface area contributed by atoms with Crippen LogP contribution in [0.4, 0.5) is 11.4 Å². The Hall–Kier alpha value is -0.970. The lowest BCUT2D eigenvalue weighted by Gasteiger charge is -2.26. The quantitative estimate of drug-likeness (QED) is 0.635. The minimum Gasteiger partial charge on any atom is -0.399 e. The number of hydrogen-bond donors (Lipinski definition) is 2. The van der Waals surface area contributed by atoms with Crippen molar-refractivity contribution in [1.29, 1.82) is 0 Å². The normalized spacial score (nSPS) is 16.7. The molecule has 1 aliphatic rings. The summed E-state index contributed by atoms with van der Waals surface area (Å²) in [4.78, 5) is 2.43. The fourth-order valence-electron chi connectivity index (χ4n) is 2.03. The molecule has 0 amide bonds. The van der Waals surface area contributed by atoms with Crippen molar-refractivity contribution in [3.8, 4) is 0 Å². The lowest BCUT2D eigenvalue weighted by atomic mass is 10.2. The molecule has 100 valence electrons. The van der Waals surface area contributed by atoms with Gasteiger partial charge in [0, 0.05) is 25.3 Å². The van der Waals surface area contributed by atoms with Crippen LogP contribution >= 0.6 is 11.6 Å². The van der Waals surface area contributed by atoms with Crippen LogP contribution in [0.25, 0.3) is 0 Å². The van der Waals surface area contributed by atoms with Crippen LogP contribution < -0.4 is 11.1 Å². The highest BCUT2D eigenvalue weighted by Gasteiger charge is 2.09. The molecule has 0 aromatic heterocycles. The lowest BCUT2D eigenvalue weighted by Crippen LogP contribution is -2.37. The van der Waals surface area contributed by atoms with E-state index in [1.54, 1.807) is 6.07 Å². The summed E-state index contributed by atoms with van der Waals surface area (Å²) >= 11 is 6.09. The molecule has 1 aromatic rings. The molecular formula is C13H20ClN3O. The van der Waals surface area contributed by atoms with E-state index in [0.29, 0.717) is 10.7 Å². The third-order valence-corrected chi connectivity index (χ3v) is 3.38. The SMILES string of the molecule is Nc1ccc(NCCCN2CCOCC2)c(Cl)c1. The van der Waals surface area contributed by atoms with Crippen LogP contribution in [-0.4, -0.2) is 44.3 Å². The number of anilines is 2. The molecule has 2 rings (SSSR count). The van der Waals surface area contributed by atoms with Crippen molar-refractivity contribution in [3.63, 3.8) is 0 Å². The number of rotatable bonds is 5. The van der Waals surface area contributed by atoms with Gasteiger partial charge in [-0.05, 0) is 31.2 Å². The Morgan fingerprint density at radius 1 is 1.33 bits per heavy atom. The number of ether oxygens (including phenoxy) is 1. The highest BCUT2D eigenvalue weighted by atomic mass is 35.5. The average Bonchev–Trinajstić information content (AvgIpc) is 2.38. The van der Waals surface area contributed by atoms with E-state index in [0.717, 1.165) is 51.5 Å². The van der Waals surface area contributed by atoms with Gasteiger partial charge < -0.3 is 15.8 Å². The molecule has 1 aromatic carbocycles. The summed E-state index contributed by atoms with van der Waals surface area (Å²) < 4.78 is 5.32. The first-order valence-electron chi connectivity index (χ1n) is 6.35. The van der Waals surface area contributed by atoms with E-state index in [1.165, 1.54) is 0 Å². The fraction of sp³-hybridized carbons (Fsp3) is 0.538. The Balaban J connectivity index is 1.68. The Morgan fingerprint density at radius 3 is 2.83 bits per heavy atom. The van der Waals surface area contributed by atoms with Gasteiger partial charge >= 0.3 is 0 Å². The highest BCUT2D eigenvalue weighted by Crippen LogP contribution is 2.23. The van der Waals surface area contributed by atoms with E-state index in [-0.39, 0.29) is 0 Å². The van der Waals surface area contributed by atoms with E-state index in [4.69, 9.17) is 22.1 Å². The molecular weight excluding hydrogens is 250 g/mol. The van der Waals surface area contributed by atoms with Crippen molar-refractivity contribution in [2.45, 2.75) is 6.42 Å². The zero-order chi connectivity index (χ0) is 12.8. The van der Waals surface area contributed by atoms with Gasteiger partial charge in [-0.3, -0.25) is 4.90 Å². The van der Waals surface area contributed by atoms with Gasteiger partial charge in [0.1, 0.15) is 0 Å². The first-order valence-corrected chi connectivity index (χ1v) is 6.72. The van der Waals surface area contributed by atoms with Crippen molar-refractivity contribution in [2.75, 3.05) is 50.4 Å². The third kappa shape index (κ3) is 4.05. The van der Waals surface area contributed by atoms with Crippen LogP contribution in [-0.2, 0) is 4.74 Å². The summed E-state index contributed by atoms with van der Waals surface area (Å²) in [5, 5.41) is 4.02. The maximum atomic E-state index is 6.09. The maximum Gasteiger partial charge on any atom is 0.0657 e. The Labute approximate surface area is 113 Å². The minimum absolute atomic E-state index is 0.682. The van der Waals surface area contributed by atoms with Crippen LogP contribution in [0.3, 0.4) is 0 Å². The molecule has 0 unspecified atom stereocenters. The van der Waals surface area contributed by atoms with E-state index >= 15 is 0 Å². The maximum absolute atomic E-state index is 6.09. The molecule has 4 nitrogen and oxygen atoms in total. The first kappa shape index (κ1) is 13.5. The molecule has 1 aliphatic heterocycles. The topological polar surface area (TPSA) is 50.5 Å². The average molecular weight is 270 g/mol. The number of nitrogens with zero attached hydrogens (tertiary/aromatic N) is 1. The molecule has 5 heteroatoms. The van der Waals surface area contributed by atoms with Gasteiger partial charge in [0.25, 0.3) is 0 Å². The number of nitrogens with two attached hydrogens (primary N) is 1. The largest absolute Gasteiger partial charge is 0.399 e. The van der Waals surface area contributed by atoms with Crippen molar-refractivity contribution in [1.82, 2.24) is 4.90 Å². The second kappa shape index (κ2) is 6.83. The molecule has 1 heterocycles. The summed E-state index contributed by atoms with van der Waals surface area (Å²) in [6, 6.07) is 5.55. The molecule has 0 aliphatic carbocycles. The number of benzene rings is 1. The van der Waals surface area contributed by atoms with Gasteiger partial charge in [-0.2, -0.15) is 0 Å². The van der Waals surface area contributed by atoms with E-state index in [9.17, 15) is 0 Å². The predicted octanol–water partition coefficient (Wildman–Crippen LogP) is 2.06. The third-order valence-electron chi connectivity index (χ3n) is 3.06. The summed E-state index contributed by atoms with van der Waals surface area (Å²) in [6.45, 7) is 5.82. The number of nitrogen functional groups attached to an aromatic ring is 1. The molecule has 0 atom stereocenters. The predicted molar refractivity (Wildman–Crippen MR) is 76.2 cm³/mol. The Morgan fingerprint density at radius 2 is 2.11 bits per heavy atom. The van der Waals surface area contributed by atoms with Gasteiger partial charge in [0.15, 0.2) is 0 Å². The molecule has 1 fully saturated rings. The van der Waals surface area contributed by atoms with Crippen LogP contribution in [0.15, 0.2) is 18.2 Å². The van der Waals surface area contributed by atoms with Crippen LogP contribution in [0.2, 0.25) is 5.02 Å². The minimum atomic E-state index is 0.682. The molecule has 0 radical (unpaired) electrons. The molecule has 18 heavy (non-hydrogen) atoms. The summed E-state index contributed by atoms with van der Waals surface area (Å²) in [6.07, 6.45) is 1.10. The van der Waals surface area contributed by atoms with E-state index < -0.39 is 0 Å². The van der Waals surface area contributed by atoms with Gasteiger partial charge in [0.2, 0.25) is 0 Å². The van der Waals surface area contributed by atoms with Gasteiger partial charge in [-0.1, -0.05) is 11.6 Å². The molecule has 0 saturated carbocycles. The van der Waals surface area contributed by atoms with Gasteiger partial charge in [0.05, 0.1) is 23.9 Å². The summed E-state index contributed by atoms with van der Waals surface area (Å²) in [7, 11) is 0. The zero-order valence-electron chi connectivity index (χ0n) is 10.5. The highest BCUT2D eigenvalue weighted by molar-refractivity contribution is 6.33. The number of nitrogens with one attached hydrogen (secondary N) is 1. The number of hydrogen-bond acceptors (Lipinski definition) is 4. The van der Waals surface area contributed by atoms with Gasteiger partial charge in [-0.15, -0.1) is 0 Å². The van der Waals surface area contributed by atoms with Crippen molar-refractivity contribution >= 4 is 23.0 Å². The fourth-order valence-corrected chi connectivity index (χ4v) is 2.28. The second-order valence-corrected chi connectivity index (χ2v) is 4.88. The molecule has 1 saturated heterocycles. The smallest absolute Gasteiger partial charge is 0.0657 e. The van der Waals surface area contributed by atoms with Crippen molar-refractivity contribution in [3.05, 3.63) is 23.2 Å². The standard InChI is InChI=1S/C13H20ClN3O/c14-12-10-11(15)2-3-13(12)16-4-1-5-17-6-8-18-9-7-17/h2-3,10,16H,1,4-9,15H2. The first-order chi connectivity index (χ1) is 8.75. The number of morpholine rings is 1. The molecule has 0 bridgehead atoms. The van der Waals surface area contributed by atoms with Crippen LogP contribution in [0, 0.1) is 0 Å². The monoisotopic (exact) mass is 269 g/mol. The van der Waals surface area contributed by atoms with E-state index in [1.807, 2.05) is 12.1 Å².